The lowest BCUT2D eigenvalue weighted by Crippen LogP contribution is -2.29. The maximum atomic E-state index is 12.6. The first-order valence-electron chi connectivity index (χ1n) is 7.49. The lowest BCUT2D eigenvalue weighted by molar-refractivity contribution is 0.0935. The van der Waals surface area contributed by atoms with E-state index < -0.39 is 0 Å². The maximum absolute atomic E-state index is 12.6. The van der Waals surface area contributed by atoms with Gasteiger partial charge < -0.3 is 10.6 Å². The smallest absolute Gasteiger partial charge is 0.252 e. The summed E-state index contributed by atoms with van der Waals surface area (Å²) in [5.41, 5.74) is 3.08. The van der Waals surface area contributed by atoms with Crippen LogP contribution < -0.4 is 10.6 Å². The van der Waals surface area contributed by atoms with Crippen molar-refractivity contribution in [2.24, 2.45) is 0 Å². The Hall–Kier alpha value is -1.81. The van der Waals surface area contributed by atoms with Gasteiger partial charge in [-0.05, 0) is 48.4 Å². The Kier molecular flexibility index (Phi) is 4.25. The van der Waals surface area contributed by atoms with Gasteiger partial charge in [-0.1, -0.05) is 19.1 Å². The van der Waals surface area contributed by atoms with Gasteiger partial charge in [0, 0.05) is 22.7 Å². The molecule has 0 spiro atoms. The number of fused-ring (bicyclic) bond motifs is 1. The standard InChI is InChI=1S/C17H20N2OS/c1-2-14(16-9-5-11-21-16)19-17(20)13-6-3-8-15-12(13)7-4-10-18-15/h3,5-6,8-9,11,14,18H,2,4,7,10H2,1H3,(H,19,20). The van der Waals surface area contributed by atoms with Gasteiger partial charge in [0.15, 0.2) is 0 Å². The van der Waals surface area contributed by atoms with E-state index in [0.29, 0.717) is 0 Å². The molecule has 21 heavy (non-hydrogen) atoms. The molecule has 3 nitrogen and oxygen atoms in total. The van der Waals surface area contributed by atoms with Gasteiger partial charge >= 0.3 is 0 Å². The highest BCUT2D eigenvalue weighted by molar-refractivity contribution is 7.10. The molecule has 0 saturated heterocycles. The van der Waals surface area contributed by atoms with Gasteiger partial charge in [0.2, 0.25) is 0 Å². The summed E-state index contributed by atoms with van der Waals surface area (Å²) in [5, 5.41) is 8.61. The molecule has 1 atom stereocenters. The van der Waals surface area contributed by atoms with E-state index in [9.17, 15) is 4.79 Å². The average Bonchev–Trinajstić information content (AvgIpc) is 3.06. The second-order valence-corrected chi connectivity index (χ2v) is 6.29. The number of hydrogen-bond acceptors (Lipinski definition) is 3. The molecule has 0 aliphatic carbocycles. The van der Waals surface area contributed by atoms with E-state index in [1.54, 1.807) is 11.3 Å². The Morgan fingerprint density at radius 1 is 1.38 bits per heavy atom. The first-order valence-corrected chi connectivity index (χ1v) is 8.37. The molecule has 2 N–H and O–H groups in total. The molecule has 3 rings (SSSR count). The van der Waals surface area contributed by atoms with E-state index in [2.05, 4.69) is 35.1 Å². The monoisotopic (exact) mass is 300 g/mol. The van der Waals surface area contributed by atoms with Crippen LogP contribution in [0.5, 0.6) is 0 Å². The first-order chi connectivity index (χ1) is 10.3. The van der Waals surface area contributed by atoms with Crippen molar-refractivity contribution in [1.29, 1.82) is 0 Å². The number of amides is 1. The minimum atomic E-state index is 0.0378. The average molecular weight is 300 g/mol. The summed E-state index contributed by atoms with van der Waals surface area (Å²) in [6, 6.07) is 10.2. The third-order valence-corrected chi connectivity index (χ3v) is 4.93. The topological polar surface area (TPSA) is 41.1 Å². The summed E-state index contributed by atoms with van der Waals surface area (Å²) in [7, 11) is 0. The van der Waals surface area contributed by atoms with Crippen LogP contribution in [0.1, 0.15) is 46.6 Å². The molecule has 1 aliphatic rings. The normalized spacial score (nSPS) is 14.9. The highest BCUT2D eigenvalue weighted by Gasteiger charge is 2.20. The van der Waals surface area contributed by atoms with E-state index in [4.69, 9.17) is 0 Å². The van der Waals surface area contributed by atoms with Crippen molar-refractivity contribution in [3.05, 3.63) is 51.7 Å². The minimum Gasteiger partial charge on any atom is -0.385 e. The lowest BCUT2D eigenvalue weighted by atomic mass is 9.97. The largest absolute Gasteiger partial charge is 0.385 e. The number of nitrogens with one attached hydrogen (secondary N) is 2. The van der Waals surface area contributed by atoms with Gasteiger partial charge in [-0.25, -0.2) is 0 Å². The van der Waals surface area contributed by atoms with Gasteiger partial charge in [-0.2, -0.15) is 0 Å². The zero-order chi connectivity index (χ0) is 14.7. The molecule has 1 aromatic heterocycles. The fourth-order valence-corrected chi connectivity index (χ4v) is 3.68. The van der Waals surface area contributed by atoms with Crippen molar-refractivity contribution in [1.82, 2.24) is 5.32 Å². The maximum Gasteiger partial charge on any atom is 0.252 e. The van der Waals surface area contributed by atoms with E-state index >= 15 is 0 Å². The van der Waals surface area contributed by atoms with Crippen LogP contribution in [0, 0.1) is 0 Å². The van der Waals surface area contributed by atoms with Gasteiger partial charge in [-0.3, -0.25) is 4.79 Å². The number of rotatable bonds is 4. The second-order valence-electron chi connectivity index (χ2n) is 5.31. The number of benzene rings is 1. The van der Waals surface area contributed by atoms with Crippen molar-refractivity contribution in [2.45, 2.75) is 32.2 Å². The molecule has 0 saturated carbocycles. The molecule has 1 unspecified atom stereocenters. The van der Waals surface area contributed by atoms with Crippen LogP contribution in [0.25, 0.3) is 0 Å². The Bertz CT molecular complexity index is 622. The van der Waals surface area contributed by atoms with Crippen LogP contribution in [-0.2, 0) is 6.42 Å². The predicted molar refractivity (Wildman–Crippen MR) is 88.1 cm³/mol. The summed E-state index contributed by atoms with van der Waals surface area (Å²) < 4.78 is 0. The predicted octanol–water partition coefficient (Wildman–Crippen LogP) is 3.99. The van der Waals surface area contributed by atoms with E-state index in [0.717, 1.165) is 42.6 Å². The summed E-state index contributed by atoms with van der Waals surface area (Å²) in [6.07, 6.45) is 2.96. The van der Waals surface area contributed by atoms with Gasteiger partial charge in [0.25, 0.3) is 5.91 Å². The molecular weight excluding hydrogens is 280 g/mol. The fourth-order valence-electron chi connectivity index (χ4n) is 2.82. The number of thiophene rings is 1. The Balaban J connectivity index is 1.82. The lowest BCUT2D eigenvalue weighted by Gasteiger charge is -2.22. The van der Waals surface area contributed by atoms with Crippen molar-refractivity contribution in [2.75, 3.05) is 11.9 Å². The Labute approximate surface area is 129 Å². The van der Waals surface area contributed by atoms with Gasteiger partial charge in [0.05, 0.1) is 6.04 Å². The summed E-state index contributed by atoms with van der Waals surface area (Å²) in [4.78, 5) is 13.9. The molecule has 4 heteroatoms. The number of hydrogen-bond donors (Lipinski definition) is 2. The number of carbonyl (C=O) groups excluding carboxylic acids is 1. The van der Waals surface area contributed by atoms with Crippen molar-refractivity contribution < 1.29 is 4.79 Å². The molecule has 0 radical (unpaired) electrons. The Morgan fingerprint density at radius 2 is 2.29 bits per heavy atom. The molecular formula is C17H20N2OS. The molecule has 1 amide bonds. The Morgan fingerprint density at radius 3 is 3.05 bits per heavy atom. The van der Waals surface area contributed by atoms with Crippen LogP contribution in [0.4, 0.5) is 5.69 Å². The zero-order valence-electron chi connectivity index (χ0n) is 12.2. The van der Waals surface area contributed by atoms with Crippen molar-refractivity contribution in [3.63, 3.8) is 0 Å². The van der Waals surface area contributed by atoms with Gasteiger partial charge in [0.1, 0.15) is 0 Å². The molecule has 1 aromatic carbocycles. The van der Waals surface area contributed by atoms with E-state index in [-0.39, 0.29) is 11.9 Å². The van der Waals surface area contributed by atoms with Gasteiger partial charge in [-0.15, -0.1) is 11.3 Å². The number of carbonyl (C=O) groups is 1. The molecule has 1 aliphatic heterocycles. The molecule has 110 valence electrons. The zero-order valence-corrected chi connectivity index (χ0v) is 13.0. The minimum absolute atomic E-state index is 0.0378. The van der Waals surface area contributed by atoms with Crippen LogP contribution in [0.2, 0.25) is 0 Å². The fraction of sp³-hybridized carbons (Fsp3) is 0.353. The SMILES string of the molecule is CCC(NC(=O)c1cccc2c1CCCN2)c1cccs1. The summed E-state index contributed by atoms with van der Waals surface area (Å²) in [6.45, 7) is 3.09. The molecule has 2 heterocycles. The summed E-state index contributed by atoms with van der Waals surface area (Å²) >= 11 is 1.69. The molecule has 2 aromatic rings. The highest BCUT2D eigenvalue weighted by atomic mass is 32.1. The van der Waals surface area contributed by atoms with E-state index in [1.165, 1.54) is 4.88 Å². The van der Waals surface area contributed by atoms with Crippen LogP contribution in [0.3, 0.4) is 0 Å². The number of anilines is 1. The third kappa shape index (κ3) is 2.95. The highest BCUT2D eigenvalue weighted by Crippen LogP contribution is 2.27. The molecule has 0 fully saturated rings. The second kappa shape index (κ2) is 6.31. The third-order valence-electron chi connectivity index (χ3n) is 3.94. The quantitative estimate of drug-likeness (QED) is 0.896. The van der Waals surface area contributed by atoms with E-state index in [1.807, 2.05) is 18.2 Å². The first kappa shape index (κ1) is 14.1. The molecule has 0 bridgehead atoms. The van der Waals surface area contributed by atoms with Crippen LogP contribution in [-0.4, -0.2) is 12.5 Å². The van der Waals surface area contributed by atoms with Crippen LogP contribution in [0.15, 0.2) is 35.7 Å². The summed E-state index contributed by atoms with van der Waals surface area (Å²) in [5.74, 6) is 0.0378. The van der Waals surface area contributed by atoms with Crippen molar-refractivity contribution >= 4 is 22.9 Å². The van der Waals surface area contributed by atoms with Crippen LogP contribution >= 0.6 is 11.3 Å². The van der Waals surface area contributed by atoms with Crippen molar-refractivity contribution in [3.8, 4) is 0 Å².